The van der Waals surface area contributed by atoms with Gasteiger partial charge in [-0.25, -0.2) is 0 Å². The summed E-state index contributed by atoms with van der Waals surface area (Å²) in [5, 5.41) is 10.1. The molecular weight excluding hydrogens is 264 g/mol. The molecule has 1 fully saturated rings. The zero-order valence-electron chi connectivity index (χ0n) is 11.3. The lowest BCUT2D eigenvalue weighted by Gasteiger charge is -2.23. The van der Waals surface area contributed by atoms with Crippen LogP contribution in [-0.4, -0.2) is 42.6 Å². The number of carbonyl (C=O) groups excluding carboxylic acids is 1. The summed E-state index contributed by atoms with van der Waals surface area (Å²) in [5.74, 6) is 0.105. The molecular formula is C14H19ClN2O2. The van der Waals surface area contributed by atoms with Crippen molar-refractivity contribution in [3.63, 3.8) is 0 Å². The lowest BCUT2D eigenvalue weighted by Crippen LogP contribution is -2.34. The number of halogens is 1. The highest BCUT2D eigenvalue weighted by atomic mass is 35.5. The normalized spacial score (nSPS) is 18.4. The van der Waals surface area contributed by atoms with Crippen LogP contribution in [-0.2, 0) is 4.79 Å². The summed E-state index contributed by atoms with van der Waals surface area (Å²) in [6.07, 6.45) is 0.389. The van der Waals surface area contributed by atoms with Gasteiger partial charge in [0.1, 0.15) is 0 Å². The second-order valence-electron chi connectivity index (χ2n) is 4.98. The summed E-state index contributed by atoms with van der Waals surface area (Å²) >= 11 is 6.27. The van der Waals surface area contributed by atoms with Crippen LogP contribution < -0.4 is 4.90 Å². The third-order valence-corrected chi connectivity index (χ3v) is 3.77. The van der Waals surface area contributed by atoms with Crippen LogP contribution in [0.25, 0.3) is 0 Å². The Morgan fingerprint density at radius 1 is 1.37 bits per heavy atom. The van der Waals surface area contributed by atoms with Crippen molar-refractivity contribution in [1.29, 1.82) is 0 Å². The van der Waals surface area contributed by atoms with E-state index in [1.807, 2.05) is 24.1 Å². The van der Waals surface area contributed by atoms with Crippen LogP contribution in [0, 0.1) is 0 Å². The summed E-state index contributed by atoms with van der Waals surface area (Å²) in [6, 6.07) is 5.49. The molecule has 1 heterocycles. The number of benzene rings is 1. The van der Waals surface area contributed by atoms with Crippen LogP contribution in [0.3, 0.4) is 0 Å². The number of anilines is 1. The lowest BCUT2D eigenvalue weighted by molar-refractivity contribution is -0.127. The van der Waals surface area contributed by atoms with Crippen molar-refractivity contribution in [2.24, 2.45) is 0 Å². The third-order valence-electron chi connectivity index (χ3n) is 3.47. The zero-order chi connectivity index (χ0) is 14.0. The molecule has 0 spiro atoms. The molecule has 1 aliphatic rings. The summed E-state index contributed by atoms with van der Waals surface area (Å²) in [4.78, 5) is 15.6. The summed E-state index contributed by atoms with van der Waals surface area (Å²) in [7, 11) is 1.82. The van der Waals surface area contributed by atoms with Gasteiger partial charge in [0.2, 0.25) is 5.91 Å². The quantitative estimate of drug-likeness (QED) is 0.903. The molecule has 0 radical (unpaired) electrons. The Labute approximate surface area is 118 Å². The Morgan fingerprint density at radius 3 is 2.74 bits per heavy atom. The monoisotopic (exact) mass is 282 g/mol. The first-order valence-corrected chi connectivity index (χ1v) is 6.83. The summed E-state index contributed by atoms with van der Waals surface area (Å²) in [5.41, 5.74) is 1.64. The molecule has 0 saturated carbocycles. The lowest BCUT2D eigenvalue weighted by atomic mass is 10.1. The van der Waals surface area contributed by atoms with E-state index in [0.29, 0.717) is 11.6 Å². The van der Waals surface area contributed by atoms with Gasteiger partial charge in [-0.1, -0.05) is 17.7 Å². The van der Waals surface area contributed by atoms with Crippen LogP contribution in [0.4, 0.5) is 5.69 Å². The van der Waals surface area contributed by atoms with Crippen molar-refractivity contribution in [2.45, 2.75) is 19.4 Å². The molecule has 0 bridgehead atoms. The fraction of sp³-hybridized carbons (Fsp3) is 0.500. The smallest absolute Gasteiger partial charge is 0.241 e. The van der Waals surface area contributed by atoms with Gasteiger partial charge in [0.05, 0.1) is 23.4 Å². The van der Waals surface area contributed by atoms with E-state index in [1.165, 1.54) is 0 Å². The first-order chi connectivity index (χ1) is 8.99. The number of hydrogen-bond donors (Lipinski definition) is 1. The van der Waals surface area contributed by atoms with Crippen LogP contribution in [0.5, 0.6) is 0 Å². The number of carbonyl (C=O) groups is 1. The van der Waals surface area contributed by atoms with Crippen molar-refractivity contribution in [1.82, 2.24) is 4.90 Å². The van der Waals surface area contributed by atoms with Gasteiger partial charge in [0.15, 0.2) is 0 Å². The number of nitrogens with zero attached hydrogens (tertiary/aromatic N) is 2. The maximum Gasteiger partial charge on any atom is 0.241 e. The second-order valence-corrected chi connectivity index (χ2v) is 5.38. The van der Waals surface area contributed by atoms with Crippen LogP contribution in [0.15, 0.2) is 18.2 Å². The highest BCUT2D eigenvalue weighted by Crippen LogP contribution is 2.29. The van der Waals surface area contributed by atoms with Crippen LogP contribution in [0.2, 0.25) is 5.02 Å². The Hall–Kier alpha value is -1.26. The average molecular weight is 283 g/mol. The van der Waals surface area contributed by atoms with Gasteiger partial charge < -0.3 is 14.9 Å². The van der Waals surface area contributed by atoms with Gasteiger partial charge in [0, 0.05) is 20.1 Å². The topological polar surface area (TPSA) is 43.8 Å². The van der Waals surface area contributed by atoms with E-state index in [1.54, 1.807) is 17.9 Å². The van der Waals surface area contributed by atoms with Crippen LogP contribution in [0.1, 0.15) is 25.0 Å². The molecule has 2 rings (SSSR count). The molecule has 0 aliphatic carbocycles. The van der Waals surface area contributed by atoms with E-state index in [2.05, 4.69) is 0 Å². The predicted octanol–water partition coefficient (Wildman–Crippen LogP) is 2.06. The van der Waals surface area contributed by atoms with Gasteiger partial charge in [-0.2, -0.15) is 0 Å². The van der Waals surface area contributed by atoms with Gasteiger partial charge >= 0.3 is 0 Å². The highest BCUT2D eigenvalue weighted by Gasteiger charge is 2.21. The maximum atomic E-state index is 11.9. The number of likely N-dealkylation sites (N-methyl/N-ethyl adjacent to an activating group) is 1. The molecule has 1 atom stereocenters. The fourth-order valence-corrected chi connectivity index (χ4v) is 2.54. The molecule has 1 saturated heterocycles. The SMILES string of the molecule is C[C@@H](O)c1ccc(N2CCCN(C)C(=O)C2)c(Cl)c1. The molecule has 1 N–H and O–H groups in total. The van der Waals surface area contributed by atoms with Gasteiger partial charge in [-0.3, -0.25) is 4.79 Å². The molecule has 0 unspecified atom stereocenters. The molecule has 1 aromatic carbocycles. The molecule has 5 heteroatoms. The summed E-state index contributed by atoms with van der Waals surface area (Å²) in [6.45, 7) is 3.64. The number of amides is 1. The summed E-state index contributed by atoms with van der Waals surface area (Å²) < 4.78 is 0. The molecule has 1 aliphatic heterocycles. The Kier molecular flexibility index (Phi) is 4.32. The Morgan fingerprint density at radius 2 is 2.11 bits per heavy atom. The van der Waals surface area contributed by atoms with Crippen molar-refractivity contribution < 1.29 is 9.90 Å². The number of rotatable bonds is 2. The van der Waals surface area contributed by atoms with Gasteiger partial charge in [0.25, 0.3) is 0 Å². The number of hydrogen-bond acceptors (Lipinski definition) is 3. The molecule has 19 heavy (non-hydrogen) atoms. The first-order valence-electron chi connectivity index (χ1n) is 6.45. The maximum absolute atomic E-state index is 11.9. The predicted molar refractivity (Wildman–Crippen MR) is 76.6 cm³/mol. The average Bonchev–Trinajstić information content (AvgIpc) is 2.52. The minimum atomic E-state index is -0.538. The van der Waals surface area contributed by atoms with Crippen molar-refractivity contribution in [3.05, 3.63) is 28.8 Å². The molecule has 0 aromatic heterocycles. The second kappa shape index (κ2) is 5.80. The Balaban J connectivity index is 2.24. The van der Waals surface area contributed by atoms with E-state index in [0.717, 1.165) is 30.8 Å². The standard InChI is InChI=1S/C14H19ClN2O2/c1-10(18)11-4-5-13(12(15)8-11)17-7-3-6-16(2)14(19)9-17/h4-5,8,10,18H,3,6-7,9H2,1-2H3/t10-/m1/s1. The van der Waals surface area contributed by atoms with E-state index < -0.39 is 6.10 Å². The van der Waals surface area contributed by atoms with E-state index in [9.17, 15) is 9.90 Å². The van der Waals surface area contributed by atoms with Crippen LogP contribution >= 0.6 is 11.6 Å². The minimum absolute atomic E-state index is 0.105. The van der Waals surface area contributed by atoms with Crippen molar-refractivity contribution >= 4 is 23.2 Å². The fourth-order valence-electron chi connectivity index (χ4n) is 2.23. The van der Waals surface area contributed by atoms with Gasteiger partial charge in [-0.05, 0) is 31.0 Å². The number of aliphatic hydroxyl groups is 1. The molecule has 4 nitrogen and oxygen atoms in total. The third kappa shape index (κ3) is 3.19. The van der Waals surface area contributed by atoms with E-state index >= 15 is 0 Å². The van der Waals surface area contributed by atoms with E-state index in [4.69, 9.17) is 11.6 Å². The van der Waals surface area contributed by atoms with Crippen molar-refractivity contribution in [3.8, 4) is 0 Å². The highest BCUT2D eigenvalue weighted by molar-refractivity contribution is 6.33. The van der Waals surface area contributed by atoms with E-state index in [-0.39, 0.29) is 5.91 Å². The minimum Gasteiger partial charge on any atom is -0.389 e. The largest absolute Gasteiger partial charge is 0.389 e. The van der Waals surface area contributed by atoms with Gasteiger partial charge in [-0.15, -0.1) is 0 Å². The molecule has 1 amide bonds. The first kappa shape index (κ1) is 14.2. The number of aliphatic hydroxyl groups excluding tert-OH is 1. The molecule has 1 aromatic rings. The van der Waals surface area contributed by atoms with Crippen molar-refractivity contribution in [2.75, 3.05) is 31.6 Å². The Bertz CT molecular complexity index is 477. The molecule has 104 valence electrons. The zero-order valence-corrected chi connectivity index (χ0v) is 12.0.